The van der Waals surface area contributed by atoms with Gasteiger partial charge in [0.05, 0.1) is 6.33 Å². The Balaban J connectivity index is 2.05. The van der Waals surface area contributed by atoms with Gasteiger partial charge in [-0.3, -0.25) is 4.79 Å². The normalized spacial score (nSPS) is 11.5. The number of aromatic amines is 1. The molecule has 0 fully saturated rings. The Bertz CT molecular complexity index is 327. The molecule has 1 heterocycles. The molecule has 0 saturated carbocycles. The Labute approximate surface area is 102 Å². The minimum Gasteiger partial charge on any atom is -0.356 e. The molecule has 0 radical (unpaired) electrons. The molecule has 0 aliphatic heterocycles. The van der Waals surface area contributed by atoms with Crippen molar-refractivity contribution < 1.29 is 4.79 Å². The average molecular weight is 238 g/mol. The molecule has 1 rings (SSSR count). The largest absolute Gasteiger partial charge is 0.356 e. The van der Waals surface area contributed by atoms with Crippen molar-refractivity contribution in [2.45, 2.75) is 39.2 Å². The van der Waals surface area contributed by atoms with Gasteiger partial charge in [0.25, 0.3) is 0 Å². The molecule has 0 unspecified atom stereocenters. The molecular weight excluding hydrogens is 216 g/mol. The zero-order chi connectivity index (χ0) is 12.7. The third-order valence-electron chi connectivity index (χ3n) is 2.28. The van der Waals surface area contributed by atoms with Crippen molar-refractivity contribution >= 4 is 5.91 Å². The molecular formula is C12H22N4O. The quantitative estimate of drug-likeness (QED) is 0.688. The van der Waals surface area contributed by atoms with Gasteiger partial charge < -0.3 is 15.6 Å². The molecule has 0 saturated heterocycles. The second-order valence-corrected chi connectivity index (χ2v) is 5.10. The maximum absolute atomic E-state index is 11.5. The van der Waals surface area contributed by atoms with Crippen molar-refractivity contribution in [3.8, 4) is 0 Å². The van der Waals surface area contributed by atoms with Crippen molar-refractivity contribution in [1.29, 1.82) is 0 Å². The Morgan fingerprint density at radius 2 is 2.18 bits per heavy atom. The minimum absolute atomic E-state index is 0.0657. The van der Waals surface area contributed by atoms with Gasteiger partial charge in [0.15, 0.2) is 0 Å². The van der Waals surface area contributed by atoms with Crippen molar-refractivity contribution in [1.82, 2.24) is 20.6 Å². The van der Waals surface area contributed by atoms with Gasteiger partial charge in [-0.25, -0.2) is 4.98 Å². The van der Waals surface area contributed by atoms with Gasteiger partial charge in [-0.15, -0.1) is 0 Å². The van der Waals surface area contributed by atoms with Gasteiger partial charge in [-0.05, 0) is 20.8 Å². The van der Waals surface area contributed by atoms with Crippen molar-refractivity contribution in [3.05, 3.63) is 18.2 Å². The lowest BCUT2D eigenvalue weighted by Crippen LogP contribution is -2.38. The van der Waals surface area contributed by atoms with Gasteiger partial charge in [-0.1, -0.05) is 0 Å². The summed E-state index contributed by atoms with van der Waals surface area (Å²) in [6.45, 7) is 7.62. The molecule has 1 amide bonds. The summed E-state index contributed by atoms with van der Waals surface area (Å²) >= 11 is 0. The van der Waals surface area contributed by atoms with Gasteiger partial charge >= 0.3 is 0 Å². The van der Waals surface area contributed by atoms with Crippen LogP contribution < -0.4 is 10.6 Å². The first kappa shape index (κ1) is 13.7. The molecule has 5 nitrogen and oxygen atoms in total. The summed E-state index contributed by atoms with van der Waals surface area (Å²) < 4.78 is 0. The number of nitrogens with one attached hydrogen (secondary N) is 3. The monoisotopic (exact) mass is 238 g/mol. The van der Waals surface area contributed by atoms with Crippen LogP contribution in [0, 0.1) is 0 Å². The number of rotatable bonds is 6. The topological polar surface area (TPSA) is 69.8 Å². The van der Waals surface area contributed by atoms with Crippen LogP contribution in [0.15, 0.2) is 12.5 Å². The summed E-state index contributed by atoms with van der Waals surface area (Å²) in [7, 11) is 0. The van der Waals surface area contributed by atoms with E-state index < -0.39 is 0 Å². The Hall–Kier alpha value is -1.36. The van der Waals surface area contributed by atoms with Crippen LogP contribution in [0.3, 0.4) is 0 Å². The van der Waals surface area contributed by atoms with E-state index in [1.54, 1.807) is 12.5 Å². The van der Waals surface area contributed by atoms with Gasteiger partial charge in [0, 0.05) is 43.4 Å². The third-order valence-corrected chi connectivity index (χ3v) is 2.28. The molecule has 0 aliphatic rings. The highest BCUT2D eigenvalue weighted by atomic mass is 16.1. The maximum Gasteiger partial charge on any atom is 0.221 e. The highest BCUT2D eigenvalue weighted by Gasteiger charge is 2.09. The number of carbonyl (C=O) groups is 1. The van der Waals surface area contributed by atoms with Crippen LogP contribution in [-0.4, -0.2) is 34.5 Å². The molecule has 0 bridgehead atoms. The summed E-state index contributed by atoms with van der Waals surface area (Å²) in [6.07, 6.45) is 4.72. The molecule has 0 atom stereocenters. The Morgan fingerprint density at radius 1 is 1.41 bits per heavy atom. The number of imidazole rings is 1. The number of carbonyl (C=O) groups excluding carboxylic acids is 1. The zero-order valence-corrected chi connectivity index (χ0v) is 10.8. The second-order valence-electron chi connectivity index (χ2n) is 5.10. The lowest BCUT2D eigenvalue weighted by Gasteiger charge is -2.20. The van der Waals surface area contributed by atoms with Crippen LogP contribution >= 0.6 is 0 Å². The molecule has 0 spiro atoms. The van der Waals surface area contributed by atoms with E-state index in [0.29, 0.717) is 19.5 Å². The fraction of sp³-hybridized carbons (Fsp3) is 0.667. The van der Waals surface area contributed by atoms with E-state index in [1.165, 1.54) is 0 Å². The van der Waals surface area contributed by atoms with Crippen molar-refractivity contribution in [2.75, 3.05) is 13.1 Å². The van der Waals surface area contributed by atoms with E-state index >= 15 is 0 Å². The molecule has 1 aromatic rings. The number of hydrogen-bond acceptors (Lipinski definition) is 3. The van der Waals surface area contributed by atoms with Crippen LogP contribution in [0.5, 0.6) is 0 Å². The van der Waals surface area contributed by atoms with Gasteiger partial charge in [0.2, 0.25) is 5.91 Å². The summed E-state index contributed by atoms with van der Waals surface area (Å²) in [5, 5.41) is 6.16. The second kappa shape index (κ2) is 6.39. The SMILES string of the molecule is CC(C)(C)NCCC(=O)NCCc1cnc[nH]1. The Kier molecular flexibility index (Phi) is 5.15. The lowest BCUT2D eigenvalue weighted by atomic mass is 10.1. The highest BCUT2D eigenvalue weighted by Crippen LogP contribution is 1.97. The van der Waals surface area contributed by atoms with Crippen LogP contribution in [-0.2, 0) is 11.2 Å². The summed E-state index contributed by atoms with van der Waals surface area (Å²) in [5.41, 5.74) is 1.11. The fourth-order valence-electron chi connectivity index (χ4n) is 1.40. The predicted octanol–water partition coefficient (Wildman–Crippen LogP) is 0.847. The fourth-order valence-corrected chi connectivity index (χ4v) is 1.40. The number of H-pyrrole nitrogens is 1. The van der Waals surface area contributed by atoms with E-state index in [0.717, 1.165) is 12.1 Å². The van der Waals surface area contributed by atoms with E-state index in [-0.39, 0.29) is 11.4 Å². The molecule has 96 valence electrons. The predicted molar refractivity (Wildman–Crippen MR) is 67.7 cm³/mol. The number of amides is 1. The lowest BCUT2D eigenvalue weighted by molar-refractivity contribution is -0.121. The van der Waals surface area contributed by atoms with E-state index in [9.17, 15) is 4.79 Å². The summed E-state index contributed by atoms with van der Waals surface area (Å²) in [5.74, 6) is 0.0845. The minimum atomic E-state index is 0.0657. The highest BCUT2D eigenvalue weighted by molar-refractivity contribution is 5.76. The molecule has 0 aromatic carbocycles. The maximum atomic E-state index is 11.5. The molecule has 0 aliphatic carbocycles. The summed E-state index contributed by atoms with van der Waals surface area (Å²) in [6, 6.07) is 0. The third kappa shape index (κ3) is 6.73. The zero-order valence-electron chi connectivity index (χ0n) is 10.8. The first-order chi connectivity index (χ1) is 7.97. The van der Waals surface area contributed by atoms with Crippen molar-refractivity contribution in [2.24, 2.45) is 0 Å². The van der Waals surface area contributed by atoms with Crippen molar-refractivity contribution in [3.63, 3.8) is 0 Å². The Morgan fingerprint density at radius 3 is 2.76 bits per heavy atom. The molecule has 3 N–H and O–H groups in total. The smallest absolute Gasteiger partial charge is 0.221 e. The standard InChI is InChI=1S/C12H22N4O/c1-12(2,3)16-7-5-11(17)14-6-4-10-8-13-9-15-10/h8-9,16H,4-7H2,1-3H3,(H,13,15)(H,14,17). The van der Waals surface area contributed by atoms with E-state index in [4.69, 9.17) is 0 Å². The number of hydrogen-bond donors (Lipinski definition) is 3. The van der Waals surface area contributed by atoms with Crippen LogP contribution in [0.1, 0.15) is 32.9 Å². The summed E-state index contributed by atoms with van der Waals surface area (Å²) in [4.78, 5) is 18.4. The molecule has 5 heteroatoms. The van der Waals surface area contributed by atoms with Crippen LogP contribution in [0.25, 0.3) is 0 Å². The molecule has 1 aromatic heterocycles. The number of aromatic nitrogens is 2. The first-order valence-electron chi connectivity index (χ1n) is 5.96. The van der Waals surface area contributed by atoms with Gasteiger partial charge in [0.1, 0.15) is 0 Å². The number of nitrogens with zero attached hydrogens (tertiary/aromatic N) is 1. The van der Waals surface area contributed by atoms with Crippen LogP contribution in [0.2, 0.25) is 0 Å². The average Bonchev–Trinajstić information content (AvgIpc) is 2.68. The van der Waals surface area contributed by atoms with Gasteiger partial charge in [-0.2, -0.15) is 0 Å². The van der Waals surface area contributed by atoms with E-state index in [2.05, 4.69) is 41.4 Å². The van der Waals surface area contributed by atoms with E-state index in [1.807, 2.05) is 0 Å². The van der Waals surface area contributed by atoms with Crippen LogP contribution in [0.4, 0.5) is 0 Å². The first-order valence-corrected chi connectivity index (χ1v) is 5.96. The molecule has 17 heavy (non-hydrogen) atoms.